The number of nitrogen functional groups attached to an aromatic ring is 1. The number of ether oxygens (including phenoxy) is 1. The molecule has 9 heteroatoms. The Morgan fingerprint density at radius 1 is 1.02 bits per heavy atom. The highest BCUT2D eigenvalue weighted by molar-refractivity contribution is 5.91. The highest BCUT2D eigenvalue weighted by Gasteiger charge is 2.29. The van der Waals surface area contributed by atoms with E-state index in [1.165, 1.54) is 0 Å². The van der Waals surface area contributed by atoms with E-state index < -0.39 is 0 Å². The van der Waals surface area contributed by atoms with Crippen LogP contribution in [0.15, 0.2) is 79.0 Å². The molecule has 1 saturated carbocycles. The minimum absolute atomic E-state index is 0.0289. The van der Waals surface area contributed by atoms with Gasteiger partial charge in [0.05, 0.1) is 17.3 Å². The molecule has 1 amide bonds. The summed E-state index contributed by atoms with van der Waals surface area (Å²) in [5.41, 5.74) is 15.3. The van der Waals surface area contributed by atoms with Crippen molar-refractivity contribution in [3.63, 3.8) is 0 Å². The molecule has 0 radical (unpaired) electrons. The second-order valence-electron chi connectivity index (χ2n) is 10.8. The van der Waals surface area contributed by atoms with Gasteiger partial charge in [0, 0.05) is 29.5 Å². The quantitative estimate of drug-likeness (QED) is 0.164. The number of amides is 1. The standard InChI is InChI=1S/C32H35N7O2/c33-18-20-10-12-21(13-11-20)32(40)37-27(17-23-6-4-5-9-29(23)41-24-7-2-1-3-8-24)31-35-19-28(36-31)22-14-15-25-26(16-22)38-39-30(25)34/h1-9,14-16,19-21,27H,10-13,17-18,33H2,(H,35,36)(H,37,40)(H3,34,38,39)/t20-,21-,27?. The summed E-state index contributed by atoms with van der Waals surface area (Å²) in [5.74, 6) is 3.18. The SMILES string of the molecule is NC[C@H]1CC[C@H](C(=O)NC(Cc2ccccc2Oc2ccccc2)c2nc(-c3ccc4c(N)n[nH]c4c3)c[nH]2)CC1. The molecule has 0 spiro atoms. The van der Waals surface area contributed by atoms with E-state index in [9.17, 15) is 4.79 Å². The van der Waals surface area contributed by atoms with Gasteiger partial charge in [-0.1, -0.05) is 42.5 Å². The van der Waals surface area contributed by atoms with Crippen molar-refractivity contribution in [2.75, 3.05) is 12.3 Å². The number of fused-ring (bicyclic) bond motifs is 1. The van der Waals surface area contributed by atoms with Gasteiger partial charge in [-0.3, -0.25) is 9.89 Å². The van der Waals surface area contributed by atoms with Gasteiger partial charge in [-0.25, -0.2) is 4.98 Å². The molecule has 2 heterocycles. The van der Waals surface area contributed by atoms with Crippen LogP contribution in [0.2, 0.25) is 0 Å². The third-order valence-electron chi connectivity index (χ3n) is 8.05. The first kappa shape index (κ1) is 26.6. The number of aromatic nitrogens is 4. The van der Waals surface area contributed by atoms with Gasteiger partial charge in [0.15, 0.2) is 5.82 Å². The number of nitrogens with zero attached hydrogens (tertiary/aromatic N) is 2. The molecule has 1 fully saturated rings. The van der Waals surface area contributed by atoms with Crippen molar-refractivity contribution in [1.29, 1.82) is 0 Å². The zero-order chi connectivity index (χ0) is 28.2. The predicted molar refractivity (Wildman–Crippen MR) is 160 cm³/mol. The zero-order valence-corrected chi connectivity index (χ0v) is 22.8. The summed E-state index contributed by atoms with van der Waals surface area (Å²) < 4.78 is 6.23. The maximum absolute atomic E-state index is 13.5. The monoisotopic (exact) mass is 549 g/mol. The number of H-pyrrole nitrogens is 2. The molecular weight excluding hydrogens is 514 g/mol. The Balaban J connectivity index is 1.28. The second kappa shape index (κ2) is 11.9. The van der Waals surface area contributed by atoms with E-state index in [1.807, 2.05) is 79.0 Å². The van der Waals surface area contributed by atoms with Crippen molar-refractivity contribution in [2.45, 2.75) is 38.1 Å². The number of hydrogen-bond donors (Lipinski definition) is 5. The van der Waals surface area contributed by atoms with Crippen LogP contribution < -0.4 is 21.5 Å². The number of hydrogen-bond acceptors (Lipinski definition) is 6. The Bertz CT molecular complexity index is 1620. The lowest BCUT2D eigenvalue weighted by atomic mass is 9.81. The van der Waals surface area contributed by atoms with E-state index >= 15 is 0 Å². The fourth-order valence-electron chi connectivity index (χ4n) is 5.64. The molecule has 0 saturated heterocycles. The van der Waals surface area contributed by atoms with Gasteiger partial charge in [-0.05, 0) is 74.0 Å². The fourth-order valence-corrected chi connectivity index (χ4v) is 5.64. The normalized spacial score (nSPS) is 17.8. The summed E-state index contributed by atoms with van der Waals surface area (Å²) >= 11 is 0. The Labute approximate surface area is 238 Å². The van der Waals surface area contributed by atoms with Crippen molar-refractivity contribution in [3.8, 4) is 22.8 Å². The third-order valence-corrected chi connectivity index (χ3v) is 8.05. The van der Waals surface area contributed by atoms with Gasteiger partial charge < -0.3 is 26.5 Å². The summed E-state index contributed by atoms with van der Waals surface area (Å²) in [5, 5.41) is 11.2. The zero-order valence-electron chi connectivity index (χ0n) is 22.8. The third kappa shape index (κ3) is 5.95. The first-order valence-corrected chi connectivity index (χ1v) is 14.2. The highest BCUT2D eigenvalue weighted by Crippen LogP contribution is 2.32. The number of aromatic amines is 2. The average Bonchev–Trinajstić information content (AvgIpc) is 3.65. The van der Waals surface area contributed by atoms with Gasteiger partial charge in [0.2, 0.25) is 5.91 Å². The maximum Gasteiger partial charge on any atom is 0.223 e. The highest BCUT2D eigenvalue weighted by atomic mass is 16.5. The van der Waals surface area contributed by atoms with Crippen LogP contribution in [0.1, 0.15) is 43.1 Å². The lowest BCUT2D eigenvalue weighted by molar-refractivity contribution is -0.127. The number of anilines is 1. The van der Waals surface area contributed by atoms with Gasteiger partial charge in [0.25, 0.3) is 0 Å². The summed E-state index contributed by atoms with van der Waals surface area (Å²) in [6.45, 7) is 0.682. The van der Waals surface area contributed by atoms with Crippen LogP contribution in [0.25, 0.3) is 22.2 Å². The number of imidazole rings is 1. The van der Waals surface area contributed by atoms with Crippen LogP contribution >= 0.6 is 0 Å². The number of nitrogens with two attached hydrogens (primary N) is 2. The van der Waals surface area contributed by atoms with E-state index in [1.54, 1.807) is 0 Å². The summed E-state index contributed by atoms with van der Waals surface area (Å²) in [6, 6.07) is 23.1. The van der Waals surface area contributed by atoms with Gasteiger partial charge in [-0.15, -0.1) is 0 Å². The molecule has 6 rings (SSSR count). The first-order chi connectivity index (χ1) is 20.1. The molecule has 7 N–H and O–H groups in total. The van der Waals surface area contributed by atoms with E-state index in [-0.39, 0.29) is 17.9 Å². The predicted octanol–water partition coefficient (Wildman–Crippen LogP) is 5.49. The van der Waals surface area contributed by atoms with E-state index in [2.05, 4.69) is 20.5 Å². The molecule has 1 unspecified atom stereocenters. The van der Waals surface area contributed by atoms with Gasteiger partial charge >= 0.3 is 0 Å². The number of carbonyl (C=O) groups is 1. The van der Waals surface area contributed by atoms with E-state index in [4.69, 9.17) is 21.2 Å². The van der Waals surface area contributed by atoms with Crippen molar-refractivity contribution < 1.29 is 9.53 Å². The molecule has 41 heavy (non-hydrogen) atoms. The molecule has 210 valence electrons. The van der Waals surface area contributed by atoms with Gasteiger partial charge in [0.1, 0.15) is 17.3 Å². The number of para-hydroxylation sites is 2. The fraction of sp³-hybridized carbons (Fsp3) is 0.281. The largest absolute Gasteiger partial charge is 0.457 e. The molecular formula is C32H35N7O2. The molecule has 1 aliphatic rings. The van der Waals surface area contributed by atoms with E-state index in [0.29, 0.717) is 30.5 Å². The minimum atomic E-state index is -0.379. The number of benzene rings is 3. The molecule has 2 aromatic heterocycles. The van der Waals surface area contributed by atoms with Crippen LogP contribution in [0.3, 0.4) is 0 Å². The minimum Gasteiger partial charge on any atom is -0.457 e. The number of nitrogens with one attached hydrogen (secondary N) is 3. The van der Waals surface area contributed by atoms with Crippen LogP contribution in [0.4, 0.5) is 5.82 Å². The molecule has 9 nitrogen and oxygen atoms in total. The van der Waals surface area contributed by atoms with E-state index in [0.717, 1.165) is 64.9 Å². The molecule has 5 aromatic rings. The van der Waals surface area contributed by atoms with Crippen molar-refractivity contribution in [1.82, 2.24) is 25.5 Å². The van der Waals surface area contributed by atoms with Crippen LogP contribution in [-0.4, -0.2) is 32.6 Å². The number of rotatable bonds is 9. The smallest absolute Gasteiger partial charge is 0.223 e. The molecule has 1 aliphatic carbocycles. The molecule has 3 aromatic carbocycles. The van der Waals surface area contributed by atoms with Crippen molar-refractivity contribution in [2.24, 2.45) is 17.6 Å². The maximum atomic E-state index is 13.5. The molecule has 0 aliphatic heterocycles. The lowest BCUT2D eigenvalue weighted by Crippen LogP contribution is -2.37. The molecule has 1 atom stereocenters. The number of carbonyl (C=O) groups excluding carboxylic acids is 1. The van der Waals surface area contributed by atoms with Crippen molar-refractivity contribution in [3.05, 3.63) is 90.4 Å². The lowest BCUT2D eigenvalue weighted by Gasteiger charge is -2.28. The van der Waals surface area contributed by atoms with Crippen LogP contribution in [0, 0.1) is 11.8 Å². The topological polar surface area (TPSA) is 148 Å². The summed E-state index contributed by atoms with van der Waals surface area (Å²) in [4.78, 5) is 21.8. The van der Waals surface area contributed by atoms with Crippen LogP contribution in [0.5, 0.6) is 11.5 Å². The Morgan fingerprint density at radius 3 is 2.61 bits per heavy atom. The Morgan fingerprint density at radius 2 is 1.80 bits per heavy atom. The molecule has 0 bridgehead atoms. The van der Waals surface area contributed by atoms with Gasteiger partial charge in [-0.2, -0.15) is 5.10 Å². The van der Waals surface area contributed by atoms with Crippen LogP contribution in [-0.2, 0) is 11.2 Å². The summed E-state index contributed by atoms with van der Waals surface area (Å²) in [7, 11) is 0. The Hall–Kier alpha value is -4.63. The summed E-state index contributed by atoms with van der Waals surface area (Å²) in [6.07, 6.45) is 6.05. The first-order valence-electron chi connectivity index (χ1n) is 14.2. The second-order valence-corrected chi connectivity index (χ2v) is 10.8. The average molecular weight is 550 g/mol. The Kier molecular flexibility index (Phi) is 7.69. The van der Waals surface area contributed by atoms with Crippen molar-refractivity contribution >= 4 is 22.6 Å².